The molecule has 1 N–H and O–H groups in total. The minimum Gasteiger partial charge on any atom is -0.497 e. The second-order valence-electron chi connectivity index (χ2n) is 4.27. The van der Waals surface area contributed by atoms with Gasteiger partial charge in [0.2, 0.25) is 11.8 Å². The van der Waals surface area contributed by atoms with Gasteiger partial charge < -0.3 is 4.74 Å². The molecule has 1 aromatic rings. The van der Waals surface area contributed by atoms with Crippen LogP contribution in [0, 0.1) is 0 Å². The molecule has 0 saturated carbocycles. The van der Waals surface area contributed by atoms with E-state index in [4.69, 9.17) is 4.74 Å². The summed E-state index contributed by atoms with van der Waals surface area (Å²) in [7, 11) is 1.53. The van der Waals surface area contributed by atoms with E-state index in [9.17, 15) is 14.4 Å². The Balaban J connectivity index is 2.04. The van der Waals surface area contributed by atoms with Gasteiger partial charge in [0.1, 0.15) is 5.75 Å². The van der Waals surface area contributed by atoms with Crippen LogP contribution in [0.15, 0.2) is 24.3 Å². The normalized spacial score (nSPS) is 16.1. The van der Waals surface area contributed by atoms with Crippen LogP contribution in [0.3, 0.4) is 0 Å². The van der Waals surface area contributed by atoms with Crippen LogP contribution in [0.2, 0.25) is 0 Å². The number of hydrogen-bond donors (Lipinski definition) is 1. The summed E-state index contributed by atoms with van der Waals surface area (Å²) in [4.78, 5) is 36.0. The Morgan fingerprint density at radius 3 is 2.63 bits per heavy atom. The van der Waals surface area contributed by atoms with Gasteiger partial charge in [0, 0.05) is 5.56 Å². The maximum Gasteiger partial charge on any atom is 0.240 e. The van der Waals surface area contributed by atoms with E-state index in [-0.39, 0.29) is 37.2 Å². The lowest BCUT2D eigenvalue weighted by Crippen LogP contribution is -2.52. The zero-order chi connectivity index (χ0) is 13.8. The molecule has 1 aliphatic heterocycles. The number of carbonyl (C=O) groups excluding carboxylic acids is 3. The Bertz CT molecular complexity index is 511. The third-order valence-corrected chi connectivity index (χ3v) is 2.77. The summed E-state index contributed by atoms with van der Waals surface area (Å²) in [5.41, 5.74) is 0.498. The fourth-order valence-electron chi connectivity index (χ4n) is 1.90. The molecular formula is C13H14N2O4. The van der Waals surface area contributed by atoms with Crippen molar-refractivity contribution in [1.82, 2.24) is 10.2 Å². The molecule has 0 aliphatic carbocycles. The monoisotopic (exact) mass is 262 g/mol. The van der Waals surface area contributed by atoms with Crippen molar-refractivity contribution >= 4 is 17.6 Å². The fourth-order valence-corrected chi connectivity index (χ4v) is 1.90. The van der Waals surface area contributed by atoms with Gasteiger partial charge in [-0.3, -0.25) is 24.6 Å². The molecule has 1 aromatic carbocycles. The van der Waals surface area contributed by atoms with Crippen molar-refractivity contribution in [3.63, 3.8) is 0 Å². The number of ether oxygens (including phenoxy) is 1. The molecular weight excluding hydrogens is 248 g/mol. The van der Waals surface area contributed by atoms with E-state index in [0.29, 0.717) is 11.3 Å². The van der Waals surface area contributed by atoms with Crippen LogP contribution in [0.5, 0.6) is 5.75 Å². The Hall–Kier alpha value is -2.21. The highest BCUT2D eigenvalue weighted by Gasteiger charge is 2.24. The van der Waals surface area contributed by atoms with E-state index < -0.39 is 0 Å². The summed E-state index contributed by atoms with van der Waals surface area (Å²) in [6.07, 6.45) is 0. The molecule has 0 spiro atoms. The topological polar surface area (TPSA) is 75.7 Å². The maximum atomic E-state index is 12.1. The van der Waals surface area contributed by atoms with Crippen molar-refractivity contribution in [3.8, 4) is 5.75 Å². The molecule has 0 unspecified atom stereocenters. The minimum atomic E-state index is -0.380. The van der Waals surface area contributed by atoms with E-state index in [2.05, 4.69) is 5.32 Å². The summed E-state index contributed by atoms with van der Waals surface area (Å²) < 4.78 is 5.05. The Labute approximate surface area is 110 Å². The second kappa shape index (κ2) is 5.62. The standard InChI is InChI=1S/C13H14N2O4/c1-19-10-4-2-3-9(5-10)11(16)6-15-7-12(17)14-13(18)8-15/h2-5H,6-8H2,1H3,(H,14,17,18). The average Bonchev–Trinajstić information content (AvgIpc) is 2.37. The van der Waals surface area contributed by atoms with Gasteiger partial charge in [-0.2, -0.15) is 0 Å². The largest absolute Gasteiger partial charge is 0.497 e. The summed E-state index contributed by atoms with van der Waals surface area (Å²) in [5, 5.41) is 2.19. The fraction of sp³-hybridized carbons (Fsp3) is 0.308. The average molecular weight is 262 g/mol. The molecule has 0 radical (unpaired) electrons. The van der Waals surface area contributed by atoms with Crippen LogP contribution >= 0.6 is 0 Å². The van der Waals surface area contributed by atoms with Gasteiger partial charge in [0.15, 0.2) is 5.78 Å². The molecule has 6 heteroatoms. The highest BCUT2D eigenvalue weighted by atomic mass is 16.5. The van der Waals surface area contributed by atoms with E-state index in [1.54, 1.807) is 24.3 Å². The molecule has 100 valence electrons. The van der Waals surface area contributed by atoms with Crippen molar-refractivity contribution < 1.29 is 19.1 Å². The number of benzene rings is 1. The molecule has 1 fully saturated rings. The maximum absolute atomic E-state index is 12.1. The molecule has 0 aromatic heterocycles. The van der Waals surface area contributed by atoms with Gasteiger partial charge in [-0.25, -0.2) is 0 Å². The van der Waals surface area contributed by atoms with Crippen LogP contribution in [-0.2, 0) is 9.59 Å². The third-order valence-electron chi connectivity index (χ3n) is 2.77. The van der Waals surface area contributed by atoms with E-state index in [1.807, 2.05) is 0 Å². The lowest BCUT2D eigenvalue weighted by molar-refractivity contribution is -0.135. The first-order valence-corrected chi connectivity index (χ1v) is 5.81. The number of rotatable bonds is 4. The van der Waals surface area contributed by atoms with Gasteiger partial charge in [-0.05, 0) is 12.1 Å². The van der Waals surface area contributed by atoms with Crippen molar-refractivity contribution in [2.45, 2.75) is 0 Å². The minimum absolute atomic E-state index is 0.0341. The van der Waals surface area contributed by atoms with Crippen molar-refractivity contribution in [3.05, 3.63) is 29.8 Å². The van der Waals surface area contributed by atoms with Crippen LogP contribution in [-0.4, -0.2) is 49.2 Å². The van der Waals surface area contributed by atoms with Gasteiger partial charge in [-0.15, -0.1) is 0 Å². The van der Waals surface area contributed by atoms with Crippen LogP contribution < -0.4 is 10.1 Å². The summed E-state index contributed by atoms with van der Waals surface area (Å²) in [5.74, 6) is -0.316. The number of nitrogens with one attached hydrogen (secondary N) is 1. The Kier molecular flexibility index (Phi) is 3.91. The quantitative estimate of drug-likeness (QED) is 0.602. The molecule has 19 heavy (non-hydrogen) atoms. The first kappa shape index (κ1) is 13.2. The van der Waals surface area contributed by atoms with E-state index in [0.717, 1.165) is 0 Å². The summed E-state index contributed by atoms with van der Waals surface area (Å²) in [6, 6.07) is 6.78. The first-order valence-electron chi connectivity index (χ1n) is 5.81. The predicted molar refractivity (Wildman–Crippen MR) is 66.9 cm³/mol. The van der Waals surface area contributed by atoms with Crippen LogP contribution in [0.4, 0.5) is 0 Å². The summed E-state index contributed by atoms with van der Waals surface area (Å²) in [6.45, 7) is 0.148. The number of Topliss-reactive ketones (excluding diaryl/α,β-unsaturated/α-hetero) is 1. The van der Waals surface area contributed by atoms with Crippen molar-refractivity contribution in [2.24, 2.45) is 0 Å². The molecule has 1 heterocycles. The lowest BCUT2D eigenvalue weighted by Gasteiger charge is -2.24. The van der Waals surface area contributed by atoms with Crippen molar-refractivity contribution in [1.29, 1.82) is 0 Å². The number of piperazine rings is 1. The highest BCUT2D eigenvalue weighted by molar-refractivity contribution is 6.02. The zero-order valence-corrected chi connectivity index (χ0v) is 10.5. The second-order valence-corrected chi connectivity index (χ2v) is 4.27. The summed E-state index contributed by atoms with van der Waals surface area (Å²) >= 11 is 0. The Morgan fingerprint density at radius 2 is 2.00 bits per heavy atom. The number of methoxy groups -OCH3 is 1. The van der Waals surface area contributed by atoms with Crippen LogP contribution in [0.25, 0.3) is 0 Å². The number of amides is 2. The lowest BCUT2D eigenvalue weighted by atomic mass is 10.1. The zero-order valence-electron chi connectivity index (χ0n) is 10.5. The third kappa shape index (κ3) is 3.38. The molecule has 1 saturated heterocycles. The van der Waals surface area contributed by atoms with Gasteiger partial charge in [0.05, 0.1) is 26.7 Å². The number of ketones is 1. The SMILES string of the molecule is COc1cccc(C(=O)CN2CC(=O)NC(=O)C2)c1. The number of carbonyl (C=O) groups is 3. The first-order chi connectivity index (χ1) is 9.08. The number of imide groups is 1. The van der Waals surface area contributed by atoms with Gasteiger partial charge in [-0.1, -0.05) is 12.1 Å². The number of hydrogen-bond acceptors (Lipinski definition) is 5. The van der Waals surface area contributed by atoms with Crippen LogP contribution in [0.1, 0.15) is 10.4 Å². The van der Waals surface area contributed by atoms with E-state index >= 15 is 0 Å². The van der Waals surface area contributed by atoms with Gasteiger partial charge in [0.25, 0.3) is 0 Å². The molecule has 2 amide bonds. The molecule has 2 rings (SSSR count). The smallest absolute Gasteiger partial charge is 0.240 e. The van der Waals surface area contributed by atoms with Gasteiger partial charge >= 0.3 is 0 Å². The predicted octanol–water partition coefficient (Wildman–Crippen LogP) is -0.164. The molecule has 1 aliphatic rings. The highest BCUT2D eigenvalue weighted by Crippen LogP contribution is 2.13. The van der Waals surface area contributed by atoms with E-state index in [1.165, 1.54) is 12.0 Å². The molecule has 6 nitrogen and oxygen atoms in total. The number of nitrogens with zero attached hydrogens (tertiary/aromatic N) is 1. The molecule has 0 bridgehead atoms. The molecule has 0 atom stereocenters. The van der Waals surface area contributed by atoms with Crippen molar-refractivity contribution in [2.75, 3.05) is 26.7 Å². The Morgan fingerprint density at radius 1 is 1.32 bits per heavy atom.